The second kappa shape index (κ2) is 5.53. The lowest BCUT2D eigenvalue weighted by Crippen LogP contribution is -2.33. The second-order valence-corrected chi connectivity index (χ2v) is 5.47. The maximum absolute atomic E-state index is 10.3. The molecule has 126 valence electrons. The van der Waals surface area contributed by atoms with Crippen molar-refractivity contribution in [1.29, 1.82) is 0 Å². The average Bonchev–Trinajstić information content (AvgIpc) is 3.28. The first kappa shape index (κ1) is 15.0. The van der Waals surface area contributed by atoms with Crippen LogP contribution in [0.15, 0.2) is 29.4 Å². The number of aliphatic hydroxyl groups excluding tert-OH is 3. The Labute approximate surface area is 135 Å². The van der Waals surface area contributed by atoms with E-state index in [0.717, 1.165) is 0 Å². The zero-order valence-corrected chi connectivity index (χ0v) is 12.4. The lowest BCUT2D eigenvalue weighted by Gasteiger charge is -2.17. The van der Waals surface area contributed by atoms with Crippen molar-refractivity contribution in [3.63, 3.8) is 0 Å². The van der Waals surface area contributed by atoms with Crippen molar-refractivity contribution >= 4 is 16.9 Å². The second-order valence-electron chi connectivity index (χ2n) is 5.47. The zero-order valence-electron chi connectivity index (χ0n) is 12.4. The van der Waals surface area contributed by atoms with E-state index in [1.165, 1.54) is 23.4 Å². The Kier molecular flexibility index (Phi) is 3.46. The largest absolute Gasteiger partial charge is 0.444 e. The number of aromatic nitrogens is 4. The standard InChI is InChI=1S/C14H15N5O5/c15-11-8-6(13-16-1-2-23-13)3-19(12(8)18-5-17-11)14-10(22)9(21)7(4-20)24-14/h1-3,5,7,9-10,14,20-22H,4H2,(H2,15,17,18)/t7-,9-,10-,14-/m1/s1. The maximum atomic E-state index is 10.3. The summed E-state index contributed by atoms with van der Waals surface area (Å²) in [5.41, 5.74) is 6.89. The molecule has 24 heavy (non-hydrogen) atoms. The Hall–Kier alpha value is -2.53. The molecule has 0 radical (unpaired) electrons. The van der Waals surface area contributed by atoms with Gasteiger partial charge in [0.15, 0.2) is 6.23 Å². The van der Waals surface area contributed by atoms with Gasteiger partial charge in [-0.2, -0.15) is 0 Å². The van der Waals surface area contributed by atoms with E-state index in [4.69, 9.17) is 14.9 Å². The molecule has 1 aliphatic heterocycles. The van der Waals surface area contributed by atoms with Gasteiger partial charge in [-0.1, -0.05) is 0 Å². The molecule has 0 aliphatic carbocycles. The van der Waals surface area contributed by atoms with Crippen LogP contribution in [0.3, 0.4) is 0 Å². The quantitative estimate of drug-likeness (QED) is 0.486. The van der Waals surface area contributed by atoms with Crippen molar-refractivity contribution in [2.75, 3.05) is 12.3 Å². The Morgan fingerprint density at radius 3 is 2.71 bits per heavy atom. The van der Waals surface area contributed by atoms with Crippen molar-refractivity contribution < 1.29 is 24.5 Å². The van der Waals surface area contributed by atoms with Gasteiger partial charge in [-0.15, -0.1) is 0 Å². The Morgan fingerprint density at radius 1 is 1.21 bits per heavy atom. The Bertz CT molecular complexity index is 864. The Morgan fingerprint density at radius 2 is 2.04 bits per heavy atom. The lowest BCUT2D eigenvalue weighted by atomic mass is 10.1. The van der Waals surface area contributed by atoms with E-state index in [0.29, 0.717) is 22.5 Å². The highest BCUT2D eigenvalue weighted by molar-refractivity contribution is 5.98. The van der Waals surface area contributed by atoms with Gasteiger partial charge >= 0.3 is 0 Å². The summed E-state index contributed by atoms with van der Waals surface area (Å²) in [5.74, 6) is 0.533. The summed E-state index contributed by atoms with van der Waals surface area (Å²) in [5, 5.41) is 30.0. The summed E-state index contributed by atoms with van der Waals surface area (Å²) in [6.07, 6.45) is 1.50. The first-order valence-electron chi connectivity index (χ1n) is 7.25. The van der Waals surface area contributed by atoms with Crippen molar-refractivity contribution in [2.24, 2.45) is 0 Å². The third kappa shape index (κ3) is 2.08. The first-order valence-corrected chi connectivity index (χ1v) is 7.25. The van der Waals surface area contributed by atoms with Gasteiger partial charge in [0.1, 0.15) is 42.4 Å². The van der Waals surface area contributed by atoms with E-state index in [2.05, 4.69) is 15.0 Å². The van der Waals surface area contributed by atoms with Crippen LogP contribution in [0.2, 0.25) is 0 Å². The fraction of sp³-hybridized carbons (Fsp3) is 0.357. The molecule has 0 unspecified atom stereocenters. The maximum Gasteiger partial charge on any atom is 0.228 e. The third-order valence-corrected chi connectivity index (χ3v) is 4.09. The molecule has 1 aliphatic rings. The van der Waals surface area contributed by atoms with Crippen LogP contribution in [0, 0.1) is 0 Å². The molecule has 4 atom stereocenters. The lowest BCUT2D eigenvalue weighted by molar-refractivity contribution is -0.0508. The van der Waals surface area contributed by atoms with Crippen LogP contribution < -0.4 is 5.73 Å². The van der Waals surface area contributed by atoms with E-state index >= 15 is 0 Å². The average molecular weight is 333 g/mol. The van der Waals surface area contributed by atoms with Crippen molar-refractivity contribution in [3.8, 4) is 11.5 Å². The molecule has 0 aromatic carbocycles. The first-order chi connectivity index (χ1) is 11.6. The molecule has 0 bridgehead atoms. The number of fused-ring (bicyclic) bond motifs is 1. The molecule has 0 saturated carbocycles. The highest BCUT2D eigenvalue weighted by Gasteiger charge is 2.44. The van der Waals surface area contributed by atoms with E-state index < -0.39 is 31.1 Å². The summed E-state index contributed by atoms with van der Waals surface area (Å²) in [4.78, 5) is 12.3. The van der Waals surface area contributed by atoms with Crippen LogP contribution >= 0.6 is 0 Å². The zero-order chi connectivity index (χ0) is 16.8. The minimum absolute atomic E-state index is 0.221. The topological polar surface area (TPSA) is 153 Å². The van der Waals surface area contributed by atoms with E-state index in [-0.39, 0.29) is 5.82 Å². The Balaban J connectivity index is 1.90. The molecule has 4 rings (SSSR count). The number of oxazole rings is 1. The fourth-order valence-corrected chi connectivity index (χ4v) is 2.93. The molecule has 3 aromatic rings. The van der Waals surface area contributed by atoms with E-state index in [1.54, 1.807) is 6.20 Å². The number of nitrogen functional groups attached to an aromatic ring is 1. The predicted octanol–water partition coefficient (Wildman–Crippen LogP) is -0.720. The number of nitrogens with two attached hydrogens (primary N) is 1. The molecular formula is C14H15N5O5. The van der Waals surface area contributed by atoms with Crippen LogP contribution in [0.1, 0.15) is 6.23 Å². The number of rotatable bonds is 3. The molecular weight excluding hydrogens is 318 g/mol. The highest BCUT2D eigenvalue weighted by Crippen LogP contribution is 2.37. The van der Waals surface area contributed by atoms with Gasteiger partial charge < -0.3 is 34.8 Å². The number of anilines is 1. The molecule has 10 heteroatoms. The van der Waals surface area contributed by atoms with Gasteiger partial charge in [0.05, 0.1) is 23.8 Å². The fourth-order valence-electron chi connectivity index (χ4n) is 2.93. The van der Waals surface area contributed by atoms with Crippen LogP contribution in [0.5, 0.6) is 0 Å². The van der Waals surface area contributed by atoms with Crippen LogP contribution in [0.25, 0.3) is 22.5 Å². The summed E-state index contributed by atoms with van der Waals surface area (Å²) < 4.78 is 12.4. The van der Waals surface area contributed by atoms with Gasteiger partial charge in [0.25, 0.3) is 0 Å². The number of ether oxygens (including phenoxy) is 1. The molecule has 4 heterocycles. The van der Waals surface area contributed by atoms with Crippen LogP contribution in [-0.4, -0.2) is 59.8 Å². The van der Waals surface area contributed by atoms with Gasteiger partial charge in [0.2, 0.25) is 5.89 Å². The van der Waals surface area contributed by atoms with Crippen LogP contribution in [0.4, 0.5) is 5.82 Å². The van der Waals surface area contributed by atoms with Crippen LogP contribution in [-0.2, 0) is 4.74 Å². The monoisotopic (exact) mass is 333 g/mol. The van der Waals surface area contributed by atoms with Crippen molar-refractivity contribution in [3.05, 3.63) is 25.0 Å². The molecule has 10 nitrogen and oxygen atoms in total. The van der Waals surface area contributed by atoms with Crippen molar-refractivity contribution in [1.82, 2.24) is 19.5 Å². The highest BCUT2D eigenvalue weighted by atomic mass is 16.6. The van der Waals surface area contributed by atoms with Gasteiger partial charge in [-0.25, -0.2) is 15.0 Å². The summed E-state index contributed by atoms with van der Waals surface area (Å²) >= 11 is 0. The summed E-state index contributed by atoms with van der Waals surface area (Å²) in [6, 6.07) is 0. The minimum Gasteiger partial charge on any atom is -0.444 e. The number of nitrogens with zero attached hydrogens (tertiary/aromatic N) is 4. The molecule has 0 amide bonds. The normalized spacial score (nSPS) is 27.1. The summed E-state index contributed by atoms with van der Waals surface area (Å²) in [6.45, 7) is -0.419. The molecule has 0 spiro atoms. The molecule has 3 aromatic heterocycles. The number of hydrogen-bond donors (Lipinski definition) is 4. The smallest absolute Gasteiger partial charge is 0.228 e. The van der Waals surface area contributed by atoms with E-state index in [1.807, 2.05) is 0 Å². The van der Waals surface area contributed by atoms with Gasteiger partial charge in [-0.05, 0) is 0 Å². The minimum atomic E-state index is -1.24. The van der Waals surface area contributed by atoms with Crippen molar-refractivity contribution in [2.45, 2.75) is 24.5 Å². The van der Waals surface area contributed by atoms with Gasteiger partial charge in [0, 0.05) is 6.20 Å². The predicted molar refractivity (Wildman–Crippen MR) is 80.4 cm³/mol. The number of aliphatic hydroxyl groups is 3. The molecule has 5 N–H and O–H groups in total. The SMILES string of the molecule is Nc1ncnc2c1c(-c1ncco1)cn2[C@@H]1O[C@H](CO)[C@@H](O)[C@H]1O. The summed E-state index contributed by atoms with van der Waals surface area (Å²) in [7, 11) is 0. The van der Waals surface area contributed by atoms with E-state index in [9.17, 15) is 15.3 Å². The van der Waals surface area contributed by atoms with Gasteiger partial charge in [-0.3, -0.25) is 0 Å². The third-order valence-electron chi connectivity index (χ3n) is 4.09. The number of hydrogen-bond acceptors (Lipinski definition) is 9. The molecule has 1 saturated heterocycles. The molecule has 1 fully saturated rings.